The minimum Gasteiger partial charge on any atom is -0.352 e. The Bertz CT molecular complexity index is 198. The molecule has 1 fully saturated rings. The van der Waals surface area contributed by atoms with Gasteiger partial charge in [0.2, 0.25) is 5.91 Å². The van der Waals surface area contributed by atoms with Crippen molar-refractivity contribution in [2.24, 2.45) is 5.92 Å². The van der Waals surface area contributed by atoms with Gasteiger partial charge in [0.15, 0.2) is 0 Å². The molecule has 0 aliphatic heterocycles. The molecule has 1 aliphatic rings. The molecule has 1 amide bonds. The van der Waals surface area contributed by atoms with Crippen molar-refractivity contribution in [3.05, 3.63) is 0 Å². The van der Waals surface area contributed by atoms with E-state index in [0.29, 0.717) is 6.04 Å². The Kier molecular flexibility index (Phi) is 5.09. The van der Waals surface area contributed by atoms with E-state index >= 15 is 0 Å². The number of carbonyl (C=O) groups is 1. The highest BCUT2D eigenvalue weighted by Gasteiger charge is 2.22. The maximum Gasteiger partial charge on any atom is 0.237 e. The van der Waals surface area contributed by atoms with Gasteiger partial charge in [-0.25, -0.2) is 0 Å². The van der Waals surface area contributed by atoms with Crippen molar-refractivity contribution in [1.29, 1.82) is 0 Å². The largest absolute Gasteiger partial charge is 0.352 e. The van der Waals surface area contributed by atoms with E-state index in [1.54, 1.807) is 0 Å². The molecule has 1 unspecified atom stereocenters. The minimum atomic E-state index is -0.0751. The van der Waals surface area contributed by atoms with Crippen LogP contribution in [-0.2, 0) is 4.79 Å². The smallest absolute Gasteiger partial charge is 0.237 e. The SMILES string of the molecule is CCC1CCC(NC(=O)C(C)NC)CC1. The fourth-order valence-electron chi connectivity index (χ4n) is 2.17. The lowest BCUT2D eigenvalue weighted by Gasteiger charge is -2.29. The summed E-state index contributed by atoms with van der Waals surface area (Å²) in [7, 11) is 1.82. The van der Waals surface area contributed by atoms with Crippen molar-refractivity contribution in [3.8, 4) is 0 Å². The van der Waals surface area contributed by atoms with E-state index < -0.39 is 0 Å². The molecule has 1 rings (SSSR count). The predicted molar refractivity (Wildman–Crippen MR) is 62.7 cm³/mol. The van der Waals surface area contributed by atoms with Crippen molar-refractivity contribution in [2.75, 3.05) is 7.05 Å². The van der Waals surface area contributed by atoms with Crippen molar-refractivity contribution >= 4 is 5.91 Å². The molecule has 2 N–H and O–H groups in total. The van der Waals surface area contributed by atoms with Gasteiger partial charge in [0.05, 0.1) is 6.04 Å². The molecule has 0 heterocycles. The van der Waals surface area contributed by atoms with Crippen molar-refractivity contribution in [3.63, 3.8) is 0 Å². The highest BCUT2D eigenvalue weighted by atomic mass is 16.2. The van der Waals surface area contributed by atoms with E-state index in [9.17, 15) is 4.79 Å². The summed E-state index contributed by atoms with van der Waals surface area (Å²) >= 11 is 0. The molecule has 1 saturated carbocycles. The fourth-order valence-corrected chi connectivity index (χ4v) is 2.17. The van der Waals surface area contributed by atoms with Gasteiger partial charge in [-0.2, -0.15) is 0 Å². The van der Waals surface area contributed by atoms with Crippen LogP contribution in [0.5, 0.6) is 0 Å². The lowest BCUT2D eigenvalue weighted by atomic mass is 9.84. The van der Waals surface area contributed by atoms with Crippen LogP contribution in [0.25, 0.3) is 0 Å². The lowest BCUT2D eigenvalue weighted by Crippen LogP contribution is -2.46. The number of likely N-dealkylation sites (N-methyl/N-ethyl adjacent to an activating group) is 1. The number of nitrogens with one attached hydrogen (secondary N) is 2. The number of amides is 1. The standard InChI is InChI=1S/C12H24N2O/c1-4-10-5-7-11(8-6-10)14-12(15)9(2)13-3/h9-11,13H,4-8H2,1-3H3,(H,14,15). The Morgan fingerprint density at radius 2 is 1.93 bits per heavy atom. The van der Waals surface area contributed by atoms with Crippen LogP contribution in [-0.4, -0.2) is 25.0 Å². The molecule has 0 aromatic heterocycles. The van der Waals surface area contributed by atoms with Crippen LogP contribution in [0.1, 0.15) is 46.0 Å². The van der Waals surface area contributed by atoms with Gasteiger partial charge < -0.3 is 10.6 Å². The van der Waals surface area contributed by atoms with Crippen LogP contribution in [0, 0.1) is 5.92 Å². The van der Waals surface area contributed by atoms with Gasteiger partial charge in [-0.05, 0) is 45.6 Å². The molecule has 0 bridgehead atoms. The van der Waals surface area contributed by atoms with Crippen LogP contribution in [0.15, 0.2) is 0 Å². The molecule has 1 aliphatic carbocycles. The summed E-state index contributed by atoms with van der Waals surface area (Å²) in [5.74, 6) is 1.03. The van der Waals surface area contributed by atoms with Crippen molar-refractivity contribution in [2.45, 2.75) is 58.0 Å². The van der Waals surface area contributed by atoms with E-state index in [1.165, 1.54) is 19.3 Å². The number of carbonyl (C=O) groups excluding carboxylic acids is 1. The molecule has 1 atom stereocenters. The summed E-state index contributed by atoms with van der Waals surface area (Å²) in [6, 6.07) is 0.338. The Hall–Kier alpha value is -0.570. The quantitative estimate of drug-likeness (QED) is 0.744. The summed E-state index contributed by atoms with van der Waals surface area (Å²) in [4.78, 5) is 11.6. The van der Waals surface area contributed by atoms with Gasteiger partial charge in [-0.3, -0.25) is 4.79 Å². The second kappa shape index (κ2) is 6.11. The molecule has 3 nitrogen and oxygen atoms in total. The predicted octanol–water partition coefficient (Wildman–Crippen LogP) is 1.68. The Balaban J connectivity index is 2.26. The molecule has 15 heavy (non-hydrogen) atoms. The third kappa shape index (κ3) is 3.82. The molecule has 0 aromatic carbocycles. The van der Waals surface area contributed by atoms with Gasteiger partial charge >= 0.3 is 0 Å². The maximum atomic E-state index is 11.6. The van der Waals surface area contributed by atoms with Gasteiger partial charge in [0.25, 0.3) is 0 Å². The zero-order valence-electron chi connectivity index (χ0n) is 10.2. The minimum absolute atomic E-state index is 0.0751. The van der Waals surface area contributed by atoms with E-state index in [2.05, 4.69) is 17.6 Å². The average molecular weight is 212 g/mol. The molecule has 0 saturated heterocycles. The Morgan fingerprint density at radius 1 is 1.33 bits per heavy atom. The van der Waals surface area contributed by atoms with Gasteiger partial charge in [-0.15, -0.1) is 0 Å². The first-order valence-electron chi connectivity index (χ1n) is 6.15. The first-order chi connectivity index (χ1) is 7.17. The average Bonchev–Trinajstić information content (AvgIpc) is 2.29. The number of hydrogen-bond donors (Lipinski definition) is 2. The summed E-state index contributed by atoms with van der Waals surface area (Å²) in [5.41, 5.74) is 0. The second-order valence-electron chi connectivity index (χ2n) is 4.64. The van der Waals surface area contributed by atoms with E-state index in [-0.39, 0.29) is 11.9 Å². The van der Waals surface area contributed by atoms with Crippen molar-refractivity contribution in [1.82, 2.24) is 10.6 Å². The Morgan fingerprint density at radius 3 is 2.40 bits per heavy atom. The summed E-state index contributed by atoms with van der Waals surface area (Å²) in [6.07, 6.45) is 6.14. The first-order valence-corrected chi connectivity index (χ1v) is 6.15. The van der Waals surface area contributed by atoms with E-state index in [4.69, 9.17) is 0 Å². The topological polar surface area (TPSA) is 41.1 Å². The number of hydrogen-bond acceptors (Lipinski definition) is 2. The Labute approximate surface area is 93.0 Å². The van der Waals surface area contributed by atoms with Gasteiger partial charge in [0.1, 0.15) is 0 Å². The van der Waals surface area contributed by atoms with Crippen molar-refractivity contribution < 1.29 is 4.79 Å². The maximum absolute atomic E-state index is 11.6. The second-order valence-corrected chi connectivity index (χ2v) is 4.64. The molecule has 0 radical (unpaired) electrons. The third-order valence-corrected chi connectivity index (χ3v) is 3.60. The van der Waals surface area contributed by atoms with E-state index in [0.717, 1.165) is 18.8 Å². The van der Waals surface area contributed by atoms with Gasteiger partial charge in [0, 0.05) is 6.04 Å². The summed E-state index contributed by atoms with van der Waals surface area (Å²) in [5, 5.41) is 6.07. The molecule has 0 spiro atoms. The summed E-state index contributed by atoms with van der Waals surface area (Å²) < 4.78 is 0. The molecular formula is C12H24N2O. The zero-order chi connectivity index (χ0) is 11.3. The van der Waals surface area contributed by atoms with E-state index in [1.807, 2.05) is 14.0 Å². The fraction of sp³-hybridized carbons (Fsp3) is 0.917. The highest BCUT2D eigenvalue weighted by Crippen LogP contribution is 2.26. The monoisotopic (exact) mass is 212 g/mol. The lowest BCUT2D eigenvalue weighted by molar-refractivity contribution is -0.123. The van der Waals surface area contributed by atoms with Crippen LogP contribution < -0.4 is 10.6 Å². The van der Waals surface area contributed by atoms with Crippen LogP contribution in [0.4, 0.5) is 0 Å². The third-order valence-electron chi connectivity index (χ3n) is 3.60. The normalized spacial score (nSPS) is 28.5. The first kappa shape index (κ1) is 12.5. The molecule has 3 heteroatoms. The van der Waals surface area contributed by atoms with Crippen LogP contribution in [0.3, 0.4) is 0 Å². The van der Waals surface area contributed by atoms with Crippen LogP contribution in [0.2, 0.25) is 0 Å². The zero-order valence-corrected chi connectivity index (χ0v) is 10.2. The highest BCUT2D eigenvalue weighted by molar-refractivity contribution is 5.81. The van der Waals surface area contributed by atoms with Gasteiger partial charge in [-0.1, -0.05) is 13.3 Å². The molecule has 88 valence electrons. The molecular weight excluding hydrogens is 188 g/mol. The molecule has 0 aromatic rings. The van der Waals surface area contributed by atoms with Crippen LogP contribution >= 0.6 is 0 Å². The summed E-state index contributed by atoms with van der Waals surface area (Å²) in [6.45, 7) is 4.15. The number of rotatable bonds is 4.